The fourth-order valence-electron chi connectivity index (χ4n) is 1.84. The van der Waals surface area contributed by atoms with E-state index in [1.165, 1.54) is 0 Å². The Bertz CT molecular complexity index is 506. The van der Waals surface area contributed by atoms with Crippen molar-refractivity contribution < 1.29 is 9.84 Å². The molecule has 1 aromatic rings. The molecule has 0 saturated heterocycles. The molecule has 0 aliphatic heterocycles. The standard InChI is InChI=1S/C17H29N3O2S/c1-6-18-16(20-12-17(2,3)23-5)19-11-15(21)13-8-7-9-14(10-13)22-4/h7-10,15,21H,6,11-12H2,1-5H3,(H2,18,19,20). The van der Waals surface area contributed by atoms with Gasteiger partial charge in [-0.15, -0.1) is 0 Å². The van der Waals surface area contributed by atoms with Crippen molar-refractivity contribution in [1.29, 1.82) is 0 Å². The Labute approximate surface area is 143 Å². The van der Waals surface area contributed by atoms with Crippen molar-refractivity contribution in [3.8, 4) is 5.75 Å². The lowest BCUT2D eigenvalue weighted by Crippen LogP contribution is -2.40. The van der Waals surface area contributed by atoms with E-state index < -0.39 is 6.10 Å². The van der Waals surface area contributed by atoms with E-state index in [9.17, 15) is 5.11 Å². The van der Waals surface area contributed by atoms with Gasteiger partial charge in [0.05, 0.1) is 19.8 Å². The minimum atomic E-state index is -0.623. The second kappa shape index (κ2) is 9.67. The van der Waals surface area contributed by atoms with Crippen LogP contribution < -0.4 is 15.4 Å². The normalized spacial score (nSPS) is 13.6. The van der Waals surface area contributed by atoms with Gasteiger partial charge in [0.25, 0.3) is 0 Å². The second-order valence-corrected chi connectivity index (χ2v) is 7.35. The molecule has 1 rings (SSSR count). The molecular formula is C17H29N3O2S. The third-order valence-electron chi connectivity index (χ3n) is 3.46. The predicted octanol–water partition coefficient (Wildman–Crippen LogP) is 2.43. The third kappa shape index (κ3) is 7.14. The lowest BCUT2D eigenvalue weighted by atomic mass is 10.1. The van der Waals surface area contributed by atoms with Crippen molar-refractivity contribution in [1.82, 2.24) is 10.6 Å². The summed E-state index contributed by atoms with van der Waals surface area (Å²) >= 11 is 1.79. The van der Waals surface area contributed by atoms with Gasteiger partial charge in [-0.05, 0) is 44.7 Å². The number of benzene rings is 1. The highest BCUT2D eigenvalue weighted by molar-refractivity contribution is 7.99. The summed E-state index contributed by atoms with van der Waals surface area (Å²) in [5, 5.41) is 16.7. The van der Waals surface area contributed by atoms with Crippen LogP contribution in [-0.2, 0) is 0 Å². The number of hydrogen-bond donors (Lipinski definition) is 3. The maximum atomic E-state index is 10.3. The van der Waals surface area contributed by atoms with E-state index in [1.807, 2.05) is 31.2 Å². The zero-order chi connectivity index (χ0) is 17.3. The number of methoxy groups -OCH3 is 1. The molecule has 0 bridgehead atoms. The Balaban J connectivity index is 2.64. The molecule has 0 fully saturated rings. The number of nitrogens with one attached hydrogen (secondary N) is 2. The van der Waals surface area contributed by atoms with Gasteiger partial charge in [0.15, 0.2) is 5.96 Å². The Morgan fingerprint density at radius 1 is 1.39 bits per heavy atom. The zero-order valence-corrected chi connectivity index (χ0v) is 15.5. The molecule has 130 valence electrons. The van der Waals surface area contributed by atoms with Gasteiger partial charge in [0.2, 0.25) is 0 Å². The van der Waals surface area contributed by atoms with Crippen LogP contribution in [0.5, 0.6) is 5.75 Å². The molecule has 0 amide bonds. The van der Waals surface area contributed by atoms with Crippen LogP contribution in [0.1, 0.15) is 32.4 Å². The molecule has 0 aromatic heterocycles. The van der Waals surface area contributed by atoms with Crippen molar-refractivity contribution in [2.24, 2.45) is 4.99 Å². The van der Waals surface area contributed by atoms with Crippen LogP contribution >= 0.6 is 11.8 Å². The van der Waals surface area contributed by atoms with Crippen molar-refractivity contribution in [2.75, 3.05) is 33.0 Å². The summed E-state index contributed by atoms with van der Waals surface area (Å²) in [6.07, 6.45) is 1.46. The topological polar surface area (TPSA) is 65.9 Å². The quantitative estimate of drug-likeness (QED) is 0.501. The molecule has 6 heteroatoms. The summed E-state index contributed by atoms with van der Waals surface area (Å²) < 4.78 is 5.28. The van der Waals surface area contributed by atoms with Gasteiger partial charge in [0.1, 0.15) is 5.75 Å². The smallest absolute Gasteiger partial charge is 0.191 e. The summed E-state index contributed by atoms with van der Waals surface area (Å²) in [6, 6.07) is 7.46. The first-order valence-corrected chi connectivity index (χ1v) is 9.03. The number of ether oxygens (including phenoxy) is 1. The Morgan fingerprint density at radius 3 is 2.74 bits per heavy atom. The first-order valence-electron chi connectivity index (χ1n) is 7.81. The van der Waals surface area contributed by atoms with Crippen molar-refractivity contribution >= 4 is 17.7 Å². The molecule has 0 aliphatic carbocycles. The summed E-state index contributed by atoms with van der Waals surface area (Å²) in [5.74, 6) is 1.46. The lowest BCUT2D eigenvalue weighted by Gasteiger charge is -2.21. The highest BCUT2D eigenvalue weighted by atomic mass is 32.2. The highest BCUT2D eigenvalue weighted by Crippen LogP contribution is 2.21. The largest absolute Gasteiger partial charge is 0.497 e. The van der Waals surface area contributed by atoms with Gasteiger partial charge >= 0.3 is 0 Å². The Hall–Kier alpha value is -1.40. The number of nitrogens with zero attached hydrogens (tertiary/aromatic N) is 1. The zero-order valence-electron chi connectivity index (χ0n) is 14.7. The maximum Gasteiger partial charge on any atom is 0.191 e. The van der Waals surface area contributed by atoms with Crippen LogP contribution in [0.2, 0.25) is 0 Å². The number of hydrogen-bond acceptors (Lipinski definition) is 4. The van der Waals surface area contributed by atoms with Crippen LogP contribution in [0.25, 0.3) is 0 Å². The Morgan fingerprint density at radius 2 is 2.13 bits per heavy atom. The number of thioether (sulfide) groups is 1. The molecular weight excluding hydrogens is 310 g/mol. The molecule has 0 aliphatic rings. The lowest BCUT2D eigenvalue weighted by molar-refractivity contribution is 0.180. The number of guanidine groups is 1. The van der Waals surface area contributed by atoms with Gasteiger partial charge < -0.3 is 20.5 Å². The first-order chi connectivity index (χ1) is 10.9. The van der Waals surface area contributed by atoms with E-state index in [-0.39, 0.29) is 4.75 Å². The predicted molar refractivity (Wildman–Crippen MR) is 99.5 cm³/mol. The summed E-state index contributed by atoms with van der Waals surface area (Å²) in [7, 11) is 1.62. The summed E-state index contributed by atoms with van der Waals surface area (Å²) in [5.41, 5.74) is 0.817. The van der Waals surface area contributed by atoms with Crippen molar-refractivity contribution in [2.45, 2.75) is 31.6 Å². The van der Waals surface area contributed by atoms with Crippen LogP contribution in [0, 0.1) is 0 Å². The van der Waals surface area contributed by atoms with E-state index in [2.05, 4.69) is 35.7 Å². The molecule has 1 unspecified atom stereocenters. The minimum Gasteiger partial charge on any atom is -0.497 e. The van der Waals surface area contributed by atoms with Crippen molar-refractivity contribution in [3.63, 3.8) is 0 Å². The van der Waals surface area contributed by atoms with E-state index in [4.69, 9.17) is 4.74 Å². The minimum absolute atomic E-state index is 0.0910. The third-order valence-corrected chi connectivity index (χ3v) is 4.69. The molecule has 0 heterocycles. The van der Waals surface area contributed by atoms with E-state index in [0.29, 0.717) is 13.1 Å². The highest BCUT2D eigenvalue weighted by Gasteiger charge is 2.16. The van der Waals surface area contributed by atoms with Gasteiger partial charge in [0, 0.05) is 17.8 Å². The second-order valence-electron chi connectivity index (χ2n) is 5.83. The van der Waals surface area contributed by atoms with Gasteiger partial charge in [-0.1, -0.05) is 12.1 Å². The van der Waals surface area contributed by atoms with E-state index in [0.717, 1.165) is 23.8 Å². The molecule has 3 N–H and O–H groups in total. The fourth-order valence-corrected chi connectivity index (χ4v) is 2.03. The maximum absolute atomic E-state index is 10.3. The molecule has 23 heavy (non-hydrogen) atoms. The molecule has 0 spiro atoms. The van der Waals surface area contributed by atoms with Crippen LogP contribution in [-0.4, -0.2) is 48.8 Å². The fraction of sp³-hybridized carbons (Fsp3) is 0.588. The number of aliphatic hydroxyl groups is 1. The monoisotopic (exact) mass is 339 g/mol. The SMILES string of the molecule is CCNC(=NCC(C)(C)SC)NCC(O)c1cccc(OC)c1. The molecule has 5 nitrogen and oxygen atoms in total. The average molecular weight is 340 g/mol. The van der Waals surface area contributed by atoms with E-state index >= 15 is 0 Å². The van der Waals surface area contributed by atoms with Crippen LogP contribution in [0.4, 0.5) is 0 Å². The molecule has 1 atom stereocenters. The average Bonchev–Trinajstić information content (AvgIpc) is 2.57. The first kappa shape index (κ1) is 19.6. The molecule has 0 radical (unpaired) electrons. The molecule has 1 aromatic carbocycles. The van der Waals surface area contributed by atoms with Crippen molar-refractivity contribution in [3.05, 3.63) is 29.8 Å². The van der Waals surface area contributed by atoms with Gasteiger partial charge in [-0.25, -0.2) is 0 Å². The Kier molecular flexibility index (Phi) is 8.26. The number of rotatable bonds is 8. The number of aliphatic imine (C=N–C) groups is 1. The van der Waals surface area contributed by atoms with E-state index in [1.54, 1.807) is 18.9 Å². The van der Waals surface area contributed by atoms with Gasteiger partial charge in [-0.3, -0.25) is 4.99 Å². The van der Waals surface area contributed by atoms with Crippen LogP contribution in [0.3, 0.4) is 0 Å². The number of aliphatic hydroxyl groups excluding tert-OH is 1. The summed E-state index contributed by atoms with van der Waals surface area (Å²) in [4.78, 5) is 4.59. The molecule has 0 saturated carbocycles. The van der Waals surface area contributed by atoms with Gasteiger partial charge in [-0.2, -0.15) is 11.8 Å². The summed E-state index contributed by atoms with van der Waals surface area (Å²) in [6.45, 7) is 8.22. The van der Waals surface area contributed by atoms with Crippen LogP contribution in [0.15, 0.2) is 29.3 Å².